The van der Waals surface area contributed by atoms with E-state index in [2.05, 4.69) is 4.72 Å². The Balaban J connectivity index is 1.74. The number of ether oxygens (including phenoxy) is 1. The molecule has 0 saturated carbocycles. The standard InChI is InChI=1S/C19H13ClN2O3S/c20-15-4-8-17(9-5-15)25-18-10-6-16(7-11-18)22-26(23,24)19-3-1-2-14(12-19)13-21/h1-12,22H. The minimum absolute atomic E-state index is 0.0260. The van der Waals surface area contributed by atoms with Crippen LogP contribution in [-0.2, 0) is 10.0 Å². The third kappa shape index (κ3) is 4.33. The maximum atomic E-state index is 12.4. The summed E-state index contributed by atoms with van der Waals surface area (Å²) in [5.41, 5.74) is 0.662. The molecule has 26 heavy (non-hydrogen) atoms. The number of halogens is 1. The van der Waals surface area contributed by atoms with E-state index in [1.165, 1.54) is 18.2 Å². The molecule has 0 aromatic heterocycles. The molecule has 3 aromatic carbocycles. The average Bonchev–Trinajstić information content (AvgIpc) is 2.65. The molecule has 0 fully saturated rings. The summed E-state index contributed by atoms with van der Waals surface area (Å²) in [6.07, 6.45) is 0. The van der Waals surface area contributed by atoms with Gasteiger partial charge in [-0.1, -0.05) is 17.7 Å². The molecule has 1 N–H and O–H groups in total. The predicted molar refractivity (Wildman–Crippen MR) is 99.9 cm³/mol. The highest BCUT2D eigenvalue weighted by atomic mass is 35.5. The number of hydrogen-bond donors (Lipinski definition) is 1. The summed E-state index contributed by atoms with van der Waals surface area (Å²) in [5.74, 6) is 1.18. The number of nitriles is 1. The lowest BCUT2D eigenvalue weighted by Crippen LogP contribution is -2.12. The Morgan fingerprint density at radius 1 is 0.923 bits per heavy atom. The van der Waals surface area contributed by atoms with Crippen molar-refractivity contribution in [2.24, 2.45) is 0 Å². The van der Waals surface area contributed by atoms with Gasteiger partial charge in [0.25, 0.3) is 10.0 Å². The normalized spacial score (nSPS) is 10.8. The van der Waals surface area contributed by atoms with E-state index in [4.69, 9.17) is 21.6 Å². The first-order valence-corrected chi connectivity index (χ1v) is 9.39. The Labute approximate surface area is 156 Å². The van der Waals surface area contributed by atoms with Gasteiger partial charge in [0.15, 0.2) is 0 Å². The van der Waals surface area contributed by atoms with Crippen molar-refractivity contribution in [3.05, 3.63) is 83.4 Å². The van der Waals surface area contributed by atoms with Crippen LogP contribution in [0.3, 0.4) is 0 Å². The molecule has 7 heteroatoms. The van der Waals surface area contributed by atoms with Gasteiger partial charge in [-0.15, -0.1) is 0 Å². The Morgan fingerprint density at radius 3 is 2.15 bits per heavy atom. The molecule has 0 aliphatic rings. The molecule has 0 spiro atoms. The maximum Gasteiger partial charge on any atom is 0.261 e. The fourth-order valence-corrected chi connectivity index (χ4v) is 3.41. The number of rotatable bonds is 5. The van der Waals surface area contributed by atoms with Gasteiger partial charge >= 0.3 is 0 Å². The number of hydrogen-bond acceptors (Lipinski definition) is 4. The number of sulfonamides is 1. The van der Waals surface area contributed by atoms with Gasteiger partial charge in [0.05, 0.1) is 16.5 Å². The summed E-state index contributed by atoms with van der Waals surface area (Å²) in [5, 5.41) is 9.51. The number of nitrogens with one attached hydrogen (secondary N) is 1. The monoisotopic (exact) mass is 384 g/mol. The van der Waals surface area contributed by atoms with Gasteiger partial charge in [0.2, 0.25) is 0 Å². The molecule has 0 aliphatic heterocycles. The lowest BCUT2D eigenvalue weighted by Gasteiger charge is -2.10. The van der Waals surface area contributed by atoms with Crippen LogP contribution in [0.15, 0.2) is 77.7 Å². The lowest BCUT2D eigenvalue weighted by atomic mass is 10.2. The molecule has 0 radical (unpaired) electrons. The van der Waals surface area contributed by atoms with Gasteiger partial charge < -0.3 is 4.74 Å². The van der Waals surface area contributed by atoms with Gasteiger partial charge in [-0.25, -0.2) is 8.42 Å². The van der Waals surface area contributed by atoms with E-state index >= 15 is 0 Å². The quantitative estimate of drug-likeness (QED) is 0.684. The van der Waals surface area contributed by atoms with Crippen molar-refractivity contribution in [2.45, 2.75) is 4.90 Å². The zero-order valence-electron chi connectivity index (χ0n) is 13.4. The third-order valence-electron chi connectivity index (χ3n) is 3.43. The van der Waals surface area contributed by atoms with Gasteiger partial charge in [-0.2, -0.15) is 5.26 Å². The lowest BCUT2D eigenvalue weighted by molar-refractivity contribution is 0.483. The molecule has 130 valence electrons. The fourth-order valence-electron chi connectivity index (χ4n) is 2.18. The van der Waals surface area contributed by atoms with Crippen LogP contribution in [0, 0.1) is 11.3 Å². The third-order valence-corrected chi connectivity index (χ3v) is 5.06. The average molecular weight is 385 g/mol. The van der Waals surface area contributed by atoms with Gasteiger partial charge in [-0.05, 0) is 66.7 Å². The highest BCUT2D eigenvalue weighted by molar-refractivity contribution is 7.92. The SMILES string of the molecule is N#Cc1cccc(S(=O)(=O)Nc2ccc(Oc3ccc(Cl)cc3)cc2)c1. The Bertz CT molecular complexity index is 1060. The van der Waals surface area contributed by atoms with Crippen molar-refractivity contribution in [3.8, 4) is 17.6 Å². The summed E-state index contributed by atoms with van der Waals surface area (Å²) in [6, 6.07) is 21.1. The van der Waals surface area contributed by atoms with E-state index in [0.717, 1.165) is 0 Å². The molecule has 0 heterocycles. The Kier molecular flexibility index (Phi) is 5.12. The molecule has 0 bridgehead atoms. The van der Waals surface area contributed by atoms with E-state index < -0.39 is 10.0 Å². The minimum Gasteiger partial charge on any atom is -0.457 e. The van der Waals surface area contributed by atoms with Crippen molar-refractivity contribution in [2.75, 3.05) is 4.72 Å². The van der Waals surface area contributed by atoms with E-state index in [1.54, 1.807) is 54.6 Å². The van der Waals surface area contributed by atoms with Crippen LogP contribution in [0.25, 0.3) is 0 Å². The summed E-state index contributed by atoms with van der Waals surface area (Å²) in [6.45, 7) is 0. The largest absolute Gasteiger partial charge is 0.457 e. The van der Waals surface area contributed by atoms with Gasteiger partial charge in [-0.3, -0.25) is 4.72 Å². The highest BCUT2D eigenvalue weighted by Crippen LogP contribution is 2.25. The minimum atomic E-state index is -3.78. The van der Waals surface area contributed by atoms with E-state index in [9.17, 15) is 8.42 Å². The van der Waals surface area contributed by atoms with Crippen molar-refractivity contribution >= 4 is 27.3 Å². The van der Waals surface area contributed by atoms with E-state index in [-0.39, 0.29) is 10.5 Å². The molecule has 0 atom stereocenters. The summed E-state index contributed by atoms with van der Waals surface area (Å²) >= 11 is 5.83. The first-order chi connectivity index (χ1) is 12.5. The van der Waals surface area contributed by atoms with Gasteiger partial charge in [0.1, 0.15) is 11.5 Å². The summed E-state index contributed by atoms with van der Waals surface area (Å²) in [4.78, 5) is 0.0260. The van der Waals surface area contributed by atoms with Crippen molar-refractivity contribution in [3.63, 3.8) is 0 Å². The van der Waals surface area contributed by atoms with Crippen LogP contribution < -0.4 is 9.46 Å². The Hall–Kier alpha value is -3.01. The molecule has 5 nitrogen and oxygen atoms in total. The van der Waals surface area contributed by atoms with Crippen molar-refractivity contribution < 1.29 is 13.2 Å². The van der Waals surface area contributed by atoms with Crippen molar-refractivity contribution in [1.82, 2.24) is 0 Å². The van der Waals surface area contributed by atoms with Crippen LogP contribution in [0.1, 0.15) is 5.56 Å². The second-order valence-corrected chi connectivity index (χ2v) is 7.44. The second kappa shape index (κ2) is 7.48. The maximum absolute atomic E-state index is 12.4. The smallest absolute Gasteiger partial charge is 0.261 e. The first kappa shape index (κ1) is 17.8. The number of benzene rings is 3. The molecule has 0 amide bonds. The second-order valence-electron chi connectivity index (χ2n) is 5.33. The van der Waals surface area contributed by atoms with Crippen LogP contribution >= 0.6 is 11.6 Å². The number of anilines is 1. The van der Waals surface area contributed by atoms with E-state index in [1.807, 2.05) is 6.07 Å². The molecule has 0 aliphatic carbocycles. The highest BCUT2D eigenvalue weighted by Gasteiger charge is 2.14. The molecular weight excluding hydrogens is 372 g/mol. The zero-order chi connectivity index (χ0) is 18.6. The topological polar surface area (TPSA) is 79.2 Å². The number of nitrogens with zero attached hydrogens (tertiary/aromatic N) is 1. The molecule has 0 saturated heterocycles. The Morgan fingerprint density at radius 2 is 1.54 bits per heavy atom. The molecule has 0 unspecified atom stereocenters. The molecule has 3 aromatic rings. The summed E-state index contributed by atoms with van der Waals surface area (Å²) < 4.78 is 33.0. The van der Waals surface area contributed by atoms with Crippen LogP contribution in [0.4, 0.5) is 5.69 Å². The molecule has 3 rings (SSSR count). The van der Waals surface area contributed by atoms with Crippen LogP contribution in [-0.4, -0.2) is 8.42 Å². The van der Waals surface area contributed by atoms with Crippen LogP contribution in [0.5, 0.6) is 11.5 Å². The van der Waals surface area contributed by atoms with Gasteiger partial charge in [0, 0.05) is 10.7 Å². The molecular formula is C19H13ClN2O3S. The summed E-state index contributed by atoms with van der Waals surface area (Å²) in [7, 11) is -3.78. The predicted octanol–water partition coefficient (Wildman–Crippen LogP) is 4.80. The first-order valence-electron chi connectivity index (χ1n) is 7.53. The van der Waals surface area contributed by atoms with E-state index in [0.29, 0.717) is 22.2 Å². The van der Waals surface area contributed by atoms with Crippen molar-refractivity contribution in [1.29, 1.82) is 5.26 Å². The van der Waals surface area contributed by atoms with Crippen LogP contribution in [0.2, 0.25) is 5.02 Å². The fraction of sp³-hybridized carbons (Fsp3) is 0. The zero-order valence-corrected chi connectivity index (χ0v) is 15.0.